The summed E-state index contributed by atoms with van der Waals surface area (Å²) in [5.41, 5.74) is 0. The van der Waals surface area contributed by atoms with Crippen molar-refractivity contribution in [2.45, 2.75) is 44.8 Å². The summed E-state index contributed by atoms with van der Waals surface area (Å²) < 4.78 is 0. The zero-order valence-electron chi connectivity index (χ0n) is 10.6. The minimum absolute atomic E-state index is 0.281. The van der Waals surface area contributed by atoms with Crippen LogP contribution in [0.1, 0.15) is 26.7 Å². The average molecular weight is 225 g/mol. The van der Waals surface area contributed by atoms with E-state index >= 15 is 0 Å². The van der Waals surface area contributed by atoms with Crippen molar-refractivity contribution in [1.29, 1.82) is 0 Å². The van der Waals surface area contributed by atoms with Gasteiger partial charge in [-0.25, -0.2) is 0 Å². The van der Waals surface area contributed by atoms with Crippen LogP contribution in [0.4, 0.5) is 0 Å². The molecule has 92 valence electrons. The molecule has 2 aliphatic rings. The first kappa shape index (κ1) is 11.9. The second-order valence-corrected chi connectivity index (χ2v) is 5.32. The second-order valence-electron chi connectivity index (χ2n) is 5.32. The molecule has 4 nitrogen and oxygen atoms in total. The van der Waals surface area contributed by atoms with Gasteiger partial charge in [0.25, 0.3) is 0 Å². The molecule has 2 rings (SSSR count). The van der Waals surface area contributed by atoms with Crippen molar-refractivity contribution in [2.75, 3.05) is 26.7 Å². The third kappa shape index (κ3) is 2.74. The molecule has 1 aliphatic heterocycles. The van der Waals surface area contributed by atoms with Crippen molar-refractivity contribution < 1.29 is 4.79 Å². The van der Waals surface area contributed by atoms with Crippen molar-refractivity contribution in [3.05, 3.63) is 0 Å². The molecule has 0 bridgehead atoms. The van der Waals surface area contributed by atoms with E-state index in [9.17, 15) is 4.79 Å². The summed E-state index contributed by atoms with van der Waals surface area (Å²) in [6.45, 7) is 6.91. The standard InChI is InChI=1S/C12H23N3O/c1-9-7-15(10(2)6-13-9)8-12(16)14(3)11-4-5-11/h9-11,13H,4-8H2,1-3H3. The van der Waals surface area contributed by atoms with E-state index in [1.165, 1.54) is 12.8 Å². The number of carbonyl (C=O) groups excluding carboxylic acids is 1. The number of amides is 1. The fraction of sp³-hybridized carbons (Fsp3) is 0.917. The molecule has 0 aromatic heterocycles. The van der Waals surface area contributed by atoms with Gasteiger partial charge in [-0.15, -0.1) is 0 Å². The van der Waals surface area contributed by atoms with Gasteiger partial charge in [0.15, 0.2) is 0 Å². The number of carbonyl (C=O) groups is 1. The lowest BCUT2D eigenvalue weighted by atomic mass is 10.1. The zero-order chi connectivity index (χ0) is 11.7. The lowest BCUT2D eigenvalue weighted by molar-refractivity contribution is -0.132. The van der Waals surface area contributed by atoms with Crippen molar-refractivity contribution in [3.8, 4) is 0 Å². The fourth-order valence-electron chi connectivity index (χ4n) is 2.27. The number of nitrogens with one attached hydrogen (secondary N) is 1. The van der Waals surface area contributed by atoms with Gasteiger partial charge in [-0.3, -0.25) is 9.69 Å². The molecule has 0 aromatic rings. The van der Waals surface area contributed by atoms with Crippen LogP contribution in [0.2, 0.25) is 0 Å². The number of hydrogen-bond donors (Lipinski definition) is 1. The molecule has 1 N–H and O–H groups in total. The highest BCUT2D eigenvalue weighted by atomic mass is 16.2. The molecule has 0 spiro atoms. The summed E-state index contributed by atoms with van der Waals surface area (Å²) >= 11 is 0. The van der Waals surface area contributed by atoms with E-state index < -0.39 is 0 Å². The van der Waals surface area contributed by atoms with Gasteiger partial charge in [0.2, 0.25) is 5.91 Å². The number of hydrogen-bond acceptors (Lipinski definition) is 3. The van der Waals surface area contributed by atoms with Gasteiger partial charge in [0, 0.05) is 38.3 Å². The first-order valence-corrected chi connectivity index (χ1v) is 6.31. The Kier molecular flexibility index (Phi) is 3.50. The summed E-state index contributed by atoms with van der Waals surface area (Å²) in [7, 11) is 1.94. The van der Waals surface area contributed by atoms with E-state index in [4.69, 9.17) is 0 Å². The summed E-state index contributed by atoms with van der Waals surface area (Å²) in [6.07, 6.45) is 2.38. The van der Waals surface area contributed by atoms with Gasteiger partial charge in [-0.1, -0.05) is 0 Å². The van der Waals surface area contributed by atoms with Crippen LogP contribution >= 0.6 is 0 Å². The Bertz CT molecular complexity index is 265. The van der Waals surface area contributed by atoms with Gasteiger partial charge < -0.3 is 10.2 Å². The quantitative estimate of drug-likeness (QED) is 0.750. The molecule has 0 aromatic carbocycles. The SMILES string of the molecule is CC1CN(CC(=O)N(C)C2CC2)C(C)CN1. The smallest absolute Gasteiger partial charge is 0.236 e. The molecule has 16 heavy (non-hydrogen) atoms. The van der Waals surface area contributed by atoms with Gasteiger partial charge in [-0.05, 0) is 26.7 Å². The molecule has 1 heterocycles. The highest BCUT2D eigenvalue weighted by Gasteiger charge is 2.31. The summed E-state index contributed by atoms with van der Waals surface area (Å²) in [6, 6.07) is 1.49. The van der Waals surface area contributed by atoms with Crippen molar-refractivity contribution in [1.82, 2.24) is 15.1 Å². The predicted molar refractivity (Wildman–Crippen MR) is 64.3 cm³/mol. The molecule has 2 atom stereocenters. The van der Waals surface area contributed by atoms with Gasteiger partial charge in [0.05, 0.1) is 6.54 Å². The van der Waals surface area contributed by atoms with Crippen LogP contribution in [-0.4, -0.2) is 60.5 Å². The van der Waals surface area contributed by atoms with Crippen LogP contribution in [0.3, 0.4) is 0 Å². The highest BCUT2D eigenvalue weighted by molar-refractivity contribution is 5.78. The number of nitrogens with zero attached hydrogens (tertiary/aromatic N) is 2. The minimum atomic E-state index is 0.281. The Balaban J connectivity index is 1.84. The molecule has 4 heteroatoms. The maximum absolute atomic E-state index is 12.0. The van der Waals surface area contributed by atoms with Crippen molar-refractivity contribution >= 4 is 5.91 Å². The fourth-order valence-corrected chi connectivity index (χ4v) is 2.27. The Labute approximate surface area is 98.0 Å². The number of likely N-dealkylation sites (N-methyl/N-ethyl adjacent to an activating group) is 1. The molecule has 1 amide bonds. The molecular formula is C12H23N3O. The molecule has 1 aliphatic carbocycles. The van der Waals surface area contributed by atoms with Crippen LogP contribution in [-0.2, 0) is 4.79 Å². The molecular weight excluding hydrogens is 202 g/mol. The zero-order valence-corrected chi connectivity index (χ0v) is 10.6. The van der Waals surface area contributed by atoms with E-state index in [0.29, 0.717) is 24.7 Å². The lowest BCUT2D eigenvalue weighted by Gasteiger charge is -2.37. The number of piperazine rings is 1. The monoisotopic (exact) mass is 225 g/mol. The third-order valence-corrected chi connectivity index (χ3v) is 3.72. The van der Waals surface area contributed by atoms with Crippen LogP contribution in [0.25, 0.3) is 0 Å². The summed E-state index contributed by atoms with van der Waals surface area (Å²) in [4.78, 5) is 16.2. The third-order valence-electron chi connectivity index (χ3n) is 3.72. The topological polar surface area (TPSA) is 35.6 Å². The Hall–Kier alpha value is -0.610. The van der Waals surface area contributed by atoms with E-state index in [-0.39, 0.29) is 5.91 Å². The van der Waals surface area contributed by atoms with E-state index in [1.807, 2.05) is 11.9 Å². The molecule has 2 unspecified atom stereocenters. The largest absolute Gasteiger partial charge is 0.342 e. The molecule has 1 saturated heterocycles. The van der Waals surface area contributed by atoms with Gasteiger partial charge in [0.1, 0.15) is 0 Å². The van der Waals surface area contributed by atoms with Crippen LogP contribution in [0.5, 0.6) is 0 Å². The Morgan fingerprint density at radius 2 is 2.12 bits per heavy atom. The molecule has 2 fully saturated rings. The first-order chi connectivity index (χ1) is 7.58. The first-order valence-electron chi connectivity index (χ1n) is 6.31. The van der Waals surface area contributed by atoms with E-state index in [2.05, 4.69) is 24.1 Å². The van der Waals surface area contributed by atoms with Crippen LogP contribution in [0, 0.1) is 0 Å². The van der Waals surface area contributed by atoms with Gasteiger partial charge in [-0.2, -0.15) is 0 Å². The maximum Gasteiger partial charge on any atom is 0.236 e. The minimum Gasteiger partial charge on any atom is -0.342 e. The molecule has 1 saturated carbocycles. The summed E-state index contributed by atoms with van der Waals surface area (Å²) in [5.74, 6) is 0.281. The Morgan fingerprint density at radius 1 is 1.44 bits per heavy atom. The van der Waals surface area contributed by atoms with Crippen molar-refractivity contribution in [3.63, 3.8) is 0 Å². The lowest BCUT2D eigenvalue weighted by Crippen LogP contribution is -2.56. The predicted octanol–water partition coefficient (Wildman–Crippen LogP) is 0.289. The maximum atomic E-state index is 12.0. The normalized spacial score (nSPS) is 31.4. The second kappa shape index (κ2) is 4.72. The van der Waals surface area contributed by atoms with Gasteiger partial charge >= 0.3 is 0 Å². The summed E-state index contributed by atoms with van der Waals surface area (Å²) in [5, 5.41) is 3.43. The van der Waals surface area contributed by atoms with Crippen LogP contribution in [0.15, 0.2) is 0 Å². The van der Waals surface area contributed by atoms with E-state index in [1.54, 1.807) is 0 Å². The molecule has 0 radical (unpaired) electrons. The highest BCUT2D eigenvalue weighted by Crippen LogP contribution is 2.25. The average Bonchev–Trinajstić information content (AvgIpc) is 3.06. The van der Waals surface area contributed by atoms with Crippen molar-refractivity contribution in [2.24, 2.45) is 0 Å². The van der Waals surface area contributed by atoms with E-state index in [0.717, 1.165) is 13.1 Å². The van der Waals surface area contributed by atoms with Crippen LogP contribution < -0.4 is 5.32 Å². The Morgan fingerprint density at radius 3 is 2.75 bits per heavy atom. The number of rotatable bonds is 3.